The summed E-state index contributed by atoms with van der Waals surface area (Å²) in [4.78, 5) is 9.65. The molecule has 3 nitrogen and oxygen atoms in total. The van der Waals surface area contributed by atoms with Crippen LogP contribution in [0.5, 0.6) is 0 Å². The third-order valence-electron chi connectivity index (χ3n) is 0.669. The van der Waals surface area contributed by atoms with Crippen molar-refractivity contribution in [1.82, 2.24) is 0 Å². The van der Waals surface area contributed by atoms with Gasteiger partial charge in [0.2, 0.25) is 0 Å². The van der Waals surface area contributed by atoms with Gasteiger partial charge in [-0.25, -0.2) is 9.90 Å². The summed E-state index contributed by atoms with van der Waals surface area (Å²) in [7, 11) is 0. The number of carbonyl (C=O) groups excluding carboxylic acids is 1. The molecule has 0 saturated heterocycles. The van der Waals surface area contributed by atoms with Gasteiger partial charge in [-0.1, -0.05) is 0 Å². The van der Waals surface area contributed by atoms with Crippen molar-refractivity contribution in [3.63, 3.8) is 0 Å². The first-order valence-corrected chi connectivity index (χ1v) is 2.34. The van der Waals surface area contributed by atoms with Gasteiger partial charge in [0.1, 0.15) is 0 Å². The molecule has 0 fully saturated rings. The molecule has 8 heavy (non-hydrogen) atoms. The molecule has 0 aliphatic rings. The molecule has 0 aromatic carbocycles. The maximum Gasteiger partial charge on any atom is 0.355 e. The van der Waals surface area contributed by atoms with Crippen molar-refractivity contribution >= 4 is 5.97 Å². The van der Waals surface area contributed by atoms with Crippen molar-refractivity contribution in [3.05, 3.63) is 0 Å². The van der Waals surface area contributed by atoms with E-state index in [0.717, 1.165) is 0 Å². The molecule has 1 radical (unpaired) electrons. The first-order valence-electron chi connectivity index (χ1n) is 2.34. The molecular weight excluding hydrogens is 106 g/mol. The van der Waals surface area contributed by atoms with Crippen LogP contribution in [0.1, 0.15) is 19.3 Å². The van der Waals surface area contributed by atoms with Crippen LogP contribution in [0.2, 0.25) is 0 Å². The lowest BCUT2D eigenvalue weighted by molar-refractivity contribution is -0.143. The Kier molecular flexibility index (Phi) is 3.59. The molecule has 0 saturated carbocycles. The molecule has 0 aromatic heterocycles. The predicted octanol–water partition coefficient (Wildman–Crippen LogP) is 0.637. The predicted molar refractivity (Wildman–Crippen MR) is 25.2 cm³/mol. The summed E-state index contributed by atoms with van der Waals surface area (Å²) in [6.07, 6.45) is 0.695. The summed E-state index contributed by atoms with van der Waals surface area (Å²) < 4.78 is 0. The van der Waals surface area contributed by atoms with Crippen LogP contribution in [-0.4, -0.2) is 5.97 Å². The number of hydrogen-bond acceptors (Lipinski definition) is 2. The molecule has 0 spiro atoms. The van der Waals surface area contributed by atoms with Crippen LogP contribution >= 0.6 is 0 Å². The van der Waals surface area contributed by atoms with E-state index in [2.05, 4.69) is 0 Å². The first-order chi connectivity index (χ1) is 3.77. The Balaban J connectivity index is 2.97. The Hall–Kier alpha value is -1.04. The summed E-state index contributed by atoms with van der Waals surface area (Å²) in [5.41, 5.74) is 0. The van der Waals surface area contributed by atoms with Gasteiger partial charge in [0, 0.05) is 6.42 Å². The lowest BCUT2D eigenvalue weighted by Crippen LogP contribution is -1.89. The monoisotopic (exact) mass is 112 g/mol. The quantitative estimate of drug-likeness (QED) is 0.503. The van der Waals surface area contributed by atoms with E-state index < -0.39 is 5.97 Å². The van der Waals surface area contributed by atoms with Crippen molar-refractivity contribution in [2.75, 3.05) is 0 Å². The minimum atomic E-state index is -1.08. The van der Waals surface area contributed by atoms with Crippen LogP contribution in [-0.2, 0) is 9.90 Å². The fourth-order valence-electron chi connectivity index (χ4n) is 0.312. The third kappa shape index (κ3) is 4.96. The van der Waals surface area contributed by atoms with Crippen LogP contribution in [0, 0.1) is 11.3 Å². The van der Waals surface area contributed by atoms with Crippen molar-refractivity contribution in [1.29, 1.82) is 5.26 Å². The Morgan fingerprint density at radius 1 is 1.62 bits per heavy atom. The van der Waals surface area contributed by atoms with Gasteiger partial charge < -0.3 is 0 Å². The van der Waals surface area contributed by atoms with E-state index in [-0.39, 0.29) is 6.42 Å². The highest BCUT2D eigenvalue weighted by Gasteiger charge is 1.96. The fraction of sp³-hybridized carbons (Fsp3) is 0.600. The highest BCUT2D eigenvalue weighted by Crippen LogP contribution is 1.91. The molecule has 0 unspecified atom stereocenters. The third-order valence-corrected chi connectivity index (χ3v) is 0.669. The van der Waals surface area contributed by atoms with Gasteiger partial charge in [-0.2, -0.15) is 5.26 Å². The van der Waals surface area contributed by atoms with E-state index in [1.165, 1.54) is 0 Å². The largest absolute Gasteiger partial charge is 0.355 e. The minimum Gasteiger partial charge on any atom is -0.247 e. The zero-order valence-corrected chi connectivity index (χ0v) is 4.39. The Bertz CT molecular complexity index is 114. The van der Waals surface area contributed by atoms with Crippen molar-refractivity contribution in [3.8, 4) is 6.07 Å². The van der Waals surface area contributed by atoms with Gasteiger partial charge in [-0.15, -0.1) is 0 Å². The molecule has 0 N–H and O–H groups in total. The average Bonchev–Trinajstić information content (AvgIpc) is 1.66. The molecule has 0 amide bonds. The zero-order valence-electron chi connectivity index (χ0n) is 4.39. The fourth-order valence-corrected chi connectivity index (χ4v) is 0.312. The molecule has 0 bridgehead atoms. The Morgan fingerprint density at radius 2 is 2.25 bits per heavy atom. The summed E-state index contributed by atoms with van der Waals surface area (Å²) in [6, 6.07) is 1.83. The van der Waals surface area contributed by atoms with E-state index in [9.17, 15) is 9.90 Å². The second-order valence-corrected chi connectivity index (χ2v) is 1.38. The molecule has 43 valence electrons. The summed E-state index contributed by atoms with van der Waals surface area (Å²) in [6.45, 7) is 0. The van der Waals surface area contributed by atoms with Crippen molar-refractivity contribution < 1.29 is 9.90 Å². The standard InChI is InChI=1S/C5H6NO2/c6-4-2-1-3-5(7)8/h1-3H2. The maximum atomic E-state index is 9.65. The highest BCUT2D eigenvalue weighted by molar-refractivity contribution is 5.66. The van der Waals surface area contributed by atoms with Crippen LogP contribution in [0.15, 0.2) is 0 Å². The number of nitriles is 1. The smallest absolute Gasteiger partial charge is 0.247 e. The van der Waals surface area contributed by atoms with Crippen molar-refractivity contribution in [2.24, 2.45) is 0 Å². The summed E-state index contributed by atoms with van der Waals surface area (Å²) in [5, 5.41) is 17.6. The number of hydrogen-bond donors (Lipinski definition) is 0. The number of unbranched alkanes of at least 4 members (excludes halogenated alkanes) is 1. The molecule has 0 aliphatic carbocycles. The molecule has 0 heterocycles. The summed E-state index contributed by atoms with van der Waals surface area (Å²) >= 11 is 0. The lowest BCUT2D eigenvalue weighted by Gasteiger charge is -1.81. The summed E-state index contributed by atoms with van der Waals surface area (Å²) in [5.74, 6) is -1.08. The number of carbonyl (C=O) groups is 1. The lowest BCUT2D eigenvalue weighted by atomic mass is 10.2. The Labute approximate surface area is 47.5 Å². The van der Waals surface area contributed by atoms with Gasteiger partial charge in [-0.3, -0.25) is 0 Å². The van der Waals surface area contributed by atoms with Gasteiger partial charge in [0.25, 0.3) is 0 Å². The van der Waals surface area contributed by atoms with E-state index in [4.69, 9.17) is 5.26 Å². The molecule has 0 atom stereocenters. The second kappa shape index (κ2) is 4.13. The molecule has 0 rings (SSSR count). The SMILES string of the molecule is N#CCCCC([O])=O. The van der Waals surface area contributed by atoms with Crippen LogP contribution in [0.4, 0.5) is 0 Å². The Morgan fingerprint density at radius 3 is 2.62 bits per heavy atom. The number of rotatable bonds is 3. The van der Waals surface area contributed by atoms with Gasteiger partial charge >= 0.3 is 5.97 Å². The molecule has 0 aromatic rings. The average molecular weight is 112 g/mol. The molecular formula is C5H6NO2. The number of nitrogens with zero attached hydrogens (tertiary/aromatic N) is 1. The van der Waals surface area contributed by atoms with Crippen LogP contribution < -0.4 is 0 Å². The highest BCUT2D eigenvalue weighted by atomic mass is 16.4. The van der Waals surface area contributed by atoms with Gasteiger partial charge in [-0.05, 0) is 6.42 Å². The van der Waals surface area contributed by atoms with Gasteiger partial charge in [0.15, 0.2) is 0 Å². The first kappa shape index (κ1) is 6.96. The topological polar surface area (TPSA) is 60.8 Å². The van der Waals surface area contributed by atoms with Gasteiger partial charge in [0.05, 0.1) is 12.5 Å². The van der Waals surface area contributed by atoms with E-state index >= 15 is 0 Å². The normalized spacial score (nSPS) is 7.88. The van der Waals surface area contributed by atoms with Crippen LogP contribution in [0.25, 0.3) is 0 Å². The van der Waals surface area contributed by atoms with Crippen molar-refractivity contribution in [2.45, 2.75) is 19.3 Å². The zero-order chi connectivity index (χ0) is 6.41. The van der Waals surface area contributed by atoms with E-state index in [1.807, 2.05) is 6.07 Å². The van der Waals surface area contributed by atoms with Crippen LogP contribution in [0.3, 0.4) is 0 Å². The minimum absolute atomic E-state index is 0.00639. The second-order valence-electron chi connectivity index (χ2n) is 1.38. The molecule has 0 aliphatic heterocycles. The van der Waals surface area contributed by atoms with E-state index in [0.29, 0.717) is 12.8 Å². The van der Waals surface area contributed by atoms with E-state index in [1.54, 1.807) is 0 Å². The maximum absolute atomic E-state index is 9.65. The molecule has 3 heteroatoms.